The number of halogens is 3. The van der Waals surface area contributed by atoms with Gasteiger partial charge in [0.1, 0.15) is 13.2 Å². The summed E-state index contributed by atoms with van der Waals surface area (Å²) in [6.45, 7) is 0.232. The summed E-state index contributed by atoms with van der Waals surface area (Å²) in [6.07, 6.45) is -2.12. The third-order valence-corrected chi connectivity index (χ3v) is 2.99. The van der Waals surface area contributed by atoms with Crippen LogP contribution < -0.4 is 5.73 Å². The van der Waals surface area contributed by atoms with Crippen LogP contribution in [0.5, 0.6) is 0 Å². The Morgan fingerprint density at radius 3 is 2.50 bits per heavy atom. The zero-order chi connectivity index (χ0) is 15.0. The Hall–Kier alpha value is -0.860. The highest BCUT2D eigenvalue weighted by molar-refractivity contribution is 5.77. The summed E-state index contributed by atoms with van der Waals surface area (Å²) in [5.41, 5.74) is 5.36. The summed E-state index contributed by atoms with van der Waals surface area (Å²) in [5.74, 6) is -0.408. The number of alkyl halides is 3. The third-order valence-electron chi connectivity index (χ3n) is 2.99. The molecule has 0 spiro atoms. The first kappa shape index (κ1) is 17.2. The minimum atomic E-state index is -4.40. The number of hydrogen-bond donors (Lipinski definition) is 1. The average Bonchev–Trinajstić information content (AvgIpc) is 2.38. The van der Waals surface area contributed by atoms with Crippen molar-refractivity contribution >= 4 is 5.91 Å². The highest BCUT2D eigenvalue weighted by Crippen LogP contribution is 2.16. The fraction of sp³-hybridized carbons (Fsp3) is 0.917. The van der Waals surface area contributed by atoms with E-state index in [1.165, 1.54) is 4.90 Å². The molecule has 20 heavy (non-hydrogen) atoms. The second-order valence-electron chi connectivity index (χ2n) is 4.70. The maximum absolute atomic E-state index is 11.9. The molecule has 0 aromatic rings. The van der Waals surface area contributed by atoms with Crippen LogP contribution in [-0.2, 0) is 14.3 Å². The van der Waals surface area contributed by atoms with Crippen molar-refractivity contribution in [3.05, 3.63) is 0 Å². The molecular weight excluding hydrogens is 277 g/mol. The first-order chi connectivity index (χ1) is 9.42. The van der Waals surface area contributed by atoms with Crippen molar-refractivity contribution in [1.82, 2.24) is 4.90 Å². The van der Waals surface area contributed by atoms with E-state index in [0.717, 1.165) is 6.42 Å². The fourth-order valence-electron chi connectivity index (χ4n) is 1.95. The molecule has 0 aromatic carbocycles. The molecule has 8 heteroatoms. The van der Waals surface area contributed by atoms with Gasteiger partial charge in [-0.3, -0.25) is 4.79 Å². The molecule has 1 aliphatic rings. The Labute approximate surface area is 116 Å². The summed E-state index contributed by atoms with van der Waals surface area (Å²) in [6, 6.07) is 0. The lowest BCUT2D eigenvalue weighted by molar-refractivity contribution is -0.178. The van der Waals surface area contributed by atoms with E-state index >= 15 is 0 Å². The van der Waals surface area contributed by atoms with E-state index in [0.29, 0.717) is 39.1 Å². The van der Waals surface area contributed by atoms with Crippen LogP contribution in [0, 0.1) is 0 Å². The number of rotatable bonds is 7. The Morgan fingerprint density at radius 1 is 1.30 bits per heavy atom. The summed E-state index contributed by atoms with van der Waals surface area (Å²) < 4.78 is 45.6. The molecule has 1 rings (SSSR count). The van der Waals surface area contributed by atoms with E-state index in [1.807, 2.05) is 0 Å². The normalized spacial score (nSPS) is 17.5. The van der Waals surface area contributed by atoms with Crippen molar-refractivity contribution in [2.45, 2.75) is 31.5 Å². The second kappa shape index (κ2) is 8.43. The molecule has 0 radical (unpaired) electrons. The second-order valence-corrected chi connectivity index (χ2v) is 4.70. The van der Waals surface area contributed by atoms with E-state index < -0.39 is 25.3 Å². The molecule has 5 nitrogen and oxygen atoms in total. The van der Waals surface area contributed by atoms with E-state index in [2.05, 4.69) is 4.74 Å². The van der Waals surface area contributed by atoms with E-state index in [-0.39, 0.29) is 6.10 Å². The van der Waals surface area contributed by atoms with Crippen molar-refractivity contribution in [2.24, 2.45) is 5.73 Å². The number of carbonyl (C=O) groups excluding carboxylic acids is 1. The van der Waals surface area contributed by atoms with Crippen LogP contribution in [0.1, 0.15) is 19.3 Å². The van der Waals surface area contributed by atoms with E-state index in [9.17, 15) is 18.0 Å². The van der Waals surface area contributed by atoms with Gasteiger partial charge in [0, 0.05) is 19.7 Å². The number of nitrogens with zero attached hydrogens (tertiary/aromatic N) is 1. The Bertz CT molecular complexity index is 292. The van der Waals surface area contributed by atoms with Crippen LogP contribution in [0.3, 0.4) is 0 Å². The molecule has 0 saturated carbocycles. The lowest BCUT2D eigenvalue weighted by atomic mass is 10.1. The van der Waals surface area contributed by atoms with Crippen molar-refractivity contribution in [3.8, 4) is 0 Å². The molecule has 0 bridgehead atoms. The monoisotopic (exact) mass is 298 g/mol. The van der Waals surface area contributed by atoms with Gasteiger partial charge < -0.3 is 20.1 Å². The molecule has 1 fully saturated rings. The highest BCUT2D eigenvalue weighted by atomic mass is 19.4. The number of hydrogen-bond acceptors (Lipinski definition) is 4. The number of likely N-dealkylation sites (tertiary alicyclic amines) is 1. The number of piperidine rings is 1. The van der Waals surface area contributed by atoms with Crippen LogP contribution in [0.25, 0.3) is 0 Å². The highest BCUT2D eigenvalue weighted by Gasteiger charge is 2.29. The number of amides is 1. The molecule has 1 aliphatic heterocycles. The maximum Gasteiger partial charge on any atom is 0.411 e. The minimum absolute atomic E-state index is 0.0988. The van der Waals surface area contributed by atoms with Crippen molar-refractivity contribution in [2.75, 3.05) is 39.5 Å². The van der Waals surface area contributed by atoms with Crippen molar-refractivity contribution < 1.29 is 27.4 Å². The third kappa shape index (κ3) is 7.06. The molecular formula is C12H21F3N2O3. The number of ether oxygens (including phenoxy) is 2. The Kier molecular flexibility index (Phi) is 7.25. The van der Waals surface area contributed by atoms with E-state index in [4.69, 9.17) is 10.5 Å². The SMILES string of the molecule is NCCCOC1CCN(C(=O)COCC(F)(F)F)CC1. The summed E-state index contributed by atoms with van der Waals surface area (Å²) in [4.78, 5) is 13.1. The van der Waals surface area contributed by atoms with Crippen molar-refractivity contribution in [3.63, 3.8) is 0 Å². The summed E-state index contributed by atoms with van der Waals surface area (Å²) in [5, 5.41) is 0. The smallest absolute Gasteiger partial charge is 0.378 e. The van der Waals surface area contributed by atoms with Crippen LogP contribution in [-0.4, -0.2) is 62.5 Å². The average molecular weight is 298 g/mol. The number of nitrogens with two attached hydrogens (primary N) is 1. The Morgan fingerprint density at radius 2 is 1.95 bits per heavy atom. The molecule has 0 aromatic heterocycles. The lowest BCUT2D eigenvalue weighted by Gasteiger charge is -2.32. The molecule has 0 atom stereocenters. The van der Waals surface area contributed by atoms with Gasteiger partial charge >= 0.3 is 6.18 Å². The van der Waals surface area contributed by atoms with E-state index in [1.54, 1.807) is 0 Å². The zero-order valence-electron chi connectivity index (χ0n) is 11.3. The fourth-order valence-corrected chi connectivity index (χ4v) is 1.95. The van der Waals surface area contributed by atoms with Crippen molar-refractivity contribution in [1.29, 1.82) is 0 Å². The maximum atomic E-state index is 11.9. The molecule has 1 heterocycles. The molecule has 1 amide bonds. The van der Waals surface area contributed by atoms with Gasteiger partial charge in [0.05, 0.1) is 6.10 Å². The number of carbonyl (C=O) groups is 1. The molecule has 0 aliphatic carbocycles. The van der Waals surface area contributed by atoms with Gasteiger partial charge in [-0.2, -0.15) is 13.2 Å². The van der Waals surface area contributed by atoms with Crippen LogP contribution in [0.2, 0.25) is 0 Å². The molecule has 1 saturated heterocycles. The van der Waals surface area contributed by atoms with Crippen LogP contribution in [0.15, 0.2) is 0 Å². The lowest BCUT2D eigenvalue weighted by Crippen LogP contribution is -2.43. The van der Waals surface area contributed by atoms with Gasteiger partial charge in [0.2, 0.25) is 5.91 Å². The first-order valence-corrected chi connectivity index (χ1v) is 6.66. The predicted molar refractivity (Wildman–Crippen MR) is 66.1 cm³/mol. The topological polar surface area (TPSA) is 64.8 Å². The molecule has 2 N–H and O–H groups in total. The quantitative estimate of drug-likeness (QED) is 0.710. The van der Waals surface area contributed by atoms with Gasteiger partial charge in [0.25, 0.3) is 0 Å². The molecule has 118 valence electrons. The van der Waals surface area contributed by atoms with Gasteiger partial charge in [-0.25, -0.2) is 0 Å². The predicted octanol–water partition coefficient (Wildman–Crippen LogP) is 0.922. The van der Waals surface area contributed by atoms with Gasteiger partial charge in [-0.05, 0) is 25.8 Å². The van der Waals surface area contributed by atoms with Gasteiger partial charge in [0.15, 0.2) is 0 Å². The minimum Gasteiger partial charge on any atom is -0.378 e. The van der Waals surface area contributed by atoms with Crippen LogP contribution >= 0.6 is 0 Å². The Balaban J connectivity index is 2.15. The first-order valence-electron chi connectivity index (χ1n) is 6.66. The zero-order valence-corrected chi connectivity index (χ0v) is 11.3. The van der Waals surface area contributed by atoms with Gasteiger partial charge in [-0.15, -0.1) is 0 Å². The summed E-state index contributed by atoms with van der Waals surface area (Å²) >= 11 is 0. The summed E-state index contributed by atoms with van der Waals surface area (Å²) in [7, 11) is 0. The largest absolute Gasteiger partial charge is 0.411 e. The van der Waals surface area contributed by atoms with Crippen LogP contribution in [0.4, 0.5) is 13.2 Å². The standard InChI is InChI=1S/C12H21F3N2O3/c13-12(14,15)9-19-8-11(18)17-5-2-10(3-6-17)20-7-1-4-16/h10H,1-9,16H2. The van der Waals surface area contributed by atoms with Gasteiger partial charge in [-0.1, -0.05) is 0 Å². The molecule has 0 unspecified atom stereocenters.